The largest absolute Gasteiger partial charge is 0.388 e. The summed E-state index contributed by atoms with van der Waals surface area (Å²) in [4.78, 5) is 9.99. The SMILES string of the molecule is CNc1ccc([N+](=O)[O-])c(S(=O)(=O)NC2CC2(C)C)c1. The van der Waals surface area contributed by atoms with Gasteiger partial charge in [-0.05, 0) is 24.0 Å². The van der Waals surface area contributed by atoms with Gasteiger partial charge in [-0.25, -0.2) is 13.1 Å². The summed E-state index contributed by atoms with van der Waals surface area (Å²) >= 11 is 0. The van der Waals surface area contributed by atoms with E-state index in [2.05, 4.69) is 10.0 Å². The van der Waals surface area contributed by atoms with Gasteiger partial charge in [0.05, 0.1) is 4.92 Å². The second kappa shape index (κ2) is 4.71. The average molecular weight is 299 g/mol. The van der Waals surface area contributed by atoms with Crippen molar-refractivity contribution in [2.24, 2.45) is 5.41 Å². The van der Waals surface area contributed by atoms with Crippen LogP contribution < -0.4 is 10.0 Å². The summed E-state index contributed by atoms with van der Waals surface area (Å²) in [6.07, 6.45) is 0.728. The Kier molecular flexibility index (Phi) is 3.47. The number of anilines is 1. The third kappa shape index (κ3) is 2.75. The number of nitrogens with one attached hydrogen (secondary N) is 2. The molecule has 1 aromatic rings. The molecule has 1 saturated carbocycles. The van der Waals surface area contributed by atoms with Crippen LogP contribution in [-0.4, -0.2) is 26.4 Å². The molecule has 0 amide bonds. The fraction of sp³-hybridized carbons (Fsp3) is 0.500. The first-order valence-electron chi connectivity index (χ1n) is 6.16. The van der Waals surface area contributed by atoms with E-state index in [4.69, 9.17) is 0 Å². The zero-order valence-corrected chi connectivity index (χ0v) is 12.3. The van der Waals surface area contributed by atoms with E-state index in [0.29, 0.717) is 5.69 Å². The number of nitro benzene ring substituents is 1. The van der Waals surface area contributed by atoms with Gasteiger partial charge in [0.15, 0.2) is 4.90 Å². The predicted molar refractivity (Wildman–Crippen MR) is 75.2 cm³/mol. The Morgan fingerprint density at radius 2 is 2.00 bits per heavy atom. The molecule has 0 heterocycles. The molecule has 1 aromatic carbocycles. The lowest BCUT2D eigenvalue weighted by Crippen LogP contribution is -2.29. The Hall–Kier alpha value is -1.67. The molecule has 0 saturated heterocycles. The summed E-state index contributed by atoms with van der Waals surface area (Å²) in [7, 11) is -2.29. The number of nitro groups is 1. The van der Waals surface area contributed by atoms with Crippen LogP contribution in [0.1, 0.15) is 20.3 Å². The molecule has 0 bridgehead atoms. The standard InChI is InChI=1S/C12H17N3O4S/c1-12(2)7-11(12)14-20(18,19)10-6-8(13-3)4-5-9(10)15(16)17/h4-6,11,13-14H,7H2,1-3H3. The third-order valence-electron chi connectivity index (χ3n) is 3.55. The summed E-state index contributed by atoms with van der Waals surface area (Å²) in [5.74, 6) is 0. The van der Waals surface area contributed by atoms with Crippen molar-refractivity contribution in [2.45, 2.75) is 31.2 Å². The Labute approximate surface area is 117 Å². The topological polar surface area (TPSA) is 101 Å². The van der Waals surface area contributed by atoms with E-state index in [1.807, 2.05) is 13.8 Å². The van der Waals surface area contributed by atoms with Crippen molar-refractivity contribution < 1.29 is 13.3 Å². The summed E-state index contributed by atoms with van der Waals surface area (Å²) in [5.41, 5.74) is -0.0105. The van der Waals surface area contributed by atoms with Gasteiger partial charge in [-0.15, -0.1) is 0 Å². The molecule has 0 radical (unpaired) electrons. The van der Waals surface area contributed by atoms with Gasteiger partial charge in [0, 0.05) is 24.8 Å². The van der Waals surface area contributed by atoms with Gasteiger partial charge in [0.25, 0.3) is 5.69 Å². The van der Waals surface area contributed by atoms with Crippen LogP contribution in [0, 0.1) is 15.5 Å². The quantitative estimate of drug-likeness (QED) is 0.636. The maximum absolute atomic E-state index is 12.3. The lowest BCUT2D eigenvalue weighted by Gasteiger charge is -2.10. The van der Waals surface area contributed by atoms with Gasteiger partial charge < -0.3 is 5.32 Å². The molecular weight excluding hydrogens is 282 g/mol. The molecule has 1 atom stereocenters. The van der Waals surface area contributed by atoms with Gasteiger partial charge >= 0.3 is 0 Å². The van der Waals surface area contributed by atoms with E-state index < -0.39 is 20.6 Å². The first-order valence-corrected chi connectivity index (χ1v) is 7.64. The Balaban J connectivity index is 2.41. The molecule has 8 heteroatoms. The molecular formula is C12H17N3O4S. The van der Waals surface area contributed by atoms with Gasteiger partial charge in [0.2, 0.25) is 10.0 Å². The zero-order valence-electron chi connectivity index (χ0n) is 11.5. The predicted octanol–water partition coefficient (Wildman–Crippen LogP) is 1.71. The van der Waals surface area contributed by atoms with Crippen molar-refractivity contribution in [3.05, 3.63) is 28.3 Å². The van der Waals surface area contributed by atoms with E-state index >= 15 is 0 Å². The van der Waals surface area contributed by atoms with Crippen LogP contribution in [0.25, 0.3) is 0 Å². The van der Waals surface area contributed by atoms with Gasteiger partial charge in [-0.1, -0.05) is 13.8 Å². The van der Waals surface area contributed by atoms with Crippen LogP contribution in [-0.2, 0) is 10.0 Å². The van der Waals surface area contributed by atoms with Gasteiger partial charge in [-0.3, -0.25) is 10.1 Å². The lowest BCUT2D eigenvalue weighted by molar-refractivity contribution is -0.387. The smallest absolute Gasteiger partial charge is 0.289 e. The minimum Gasteiger partial charge on any atom is -0.388 e. The maximum atomic E-state index is 12.3. The van der Waals surface area contributed by atoms with E-state index in [0.717, 1.165) is 6.42 Å². The second-order valence-corrected chi connectivity index (χ2v) is 7.24. The minimum absolute atomic E-state index is 0.0948. The number of rotatable bonds is 5. The molecule has 7 nitrogen and oxygen atoms in total. The van der Waals surface area contributed by atoms with Crippen molar-refractivity contribution in [1.82, 2.24) is 4.72 Å². The highest BCUT2D eigenvalue weighted by molar-refractivity contribution is 7.89. The Bertz CT molecular complexity index is 655. The van der Waals surface area contributed by atoms with E-state index in [-0.39, 0.29) is 16.4 Å². The zero-order chi connectivity index (χ0) is 15.1. The molecule has 0 aromatic heterocycles. The number of sulfonamides is 1. The second-order valence-electron chi connectivity index (χ2n) is 5.56. The van der Waals surface area contributed by atoms with Gasteiger partial charge in [0.1, 0.15) is 0 Å². The molecule has 0 spiro atoms. The molecule has 2 rings (SSSR count). The first-order chi connectivity index (χ1) is 9.17. The van der Waals surface area contributed by atoms with Crippen molar-refractivity contribution >= 4 is 21.4 Å². The summed E-state index contributed by atoms with van der Waals surface area (Å²) in [6, 6.07) is 3.76. The molecule has 1 aliphatic rings. The van der Waals surface area contributed by atoms with E-state index in [1.165, 1.54) is 18.2 Å². The highest BCUT2D eigenvalue weighted by Gasteiger charge is 2.48. The monoisotopic (exact) mass is 299 g/mol. The fourth-order valence-electron chi connectivity index (χ4n) is 1.95. The average Bonchev–Trinajstić information content (AvgIpc) is 2.94. The number of benzene rings is 1. The summed E-state index contributed by atoms with van der Waals surface area (Å²) in [6.45, 7) is 3.89. The molecule has 1 aliphatic carbocycles. The molecule has 2 N–H and O–H groups in total. The number of hydrogen-bond acceptors (Lipinski definition) is 5. The third-order valence-corrected chi connectivity index (χ3v) is 5.05. The van der Waals surface area contributed by atoms with Gasteiger partial charge in [-0.2, -0.15) is 0 Å². The van der Waals surface area contributed by atoms with Crippen molar-refractivity contribution in [1.29, 1.82) is 0 Å². The van der Waals surface area contributed by atoms with Crippen molar-refractivity contribution in [3.63, 3.8) is 0 Å². The summed E-state index contributed by atoms with van der Waals surface area (Å²) < 4.78 is 27.2. The van der Waals surface area contributed by atoms with Crippen LogP contribution in [0.2, 0.25) is 0 Å². The maximum Gasteiger partial charge on any atom is 0.289 e. The summed E-state index contributed by atoms with van der Waals surface area (Å²) in [5, 5.41) is 13.8. The number of hydrogen-bond donors (Lipinski definition) is 2. The van der Waals surface area contributed by atoms with Crippen LogP contribution in [0.3, 0.4) is 0 Å². The van der Waals surface area contributed by atoms with Crippen LogP contribution in [0.4, 0.5) is 11.4 Å². The molecule has 1 unspecified atom stereocenters. The molecule has 110 valence electrons. The normalized spacial score (nSPS) is 20.4. The van der Waals surface area contributed by atoms with Crippen molar-refractivity contribution in [2.75, 3.05) is 12.4 Å². The van der Waals surface area contributed by atoms with Crippen LogP contribution in [0.5, 0.6) is 0 Å². The number of nitrogens with zero attached hydrogens (tertiary/aromatic N) is 1. The highest BCUT2D eigenvalue weighted by Crippen LogP contribution is 2.45. The minimum atomic E-state index is -3.91. The molecule has 20 heavy (non-hydrogen) atoms. The fourth-order valence-corrected chi connectivity index (χ4v) is 3.56. The van der Waals surface area contributed by atoms with Crippen LogP contribution >= 0.6 is 0 Å². The van der Waals surface area contributed by atoms with Crippen molar-refractivity contribution in [3.8, 4) is 0 Å². The Morgan fingerprint density at radius 1 is 1.40 bits per heavy atom. The first kappa shape index (κ1) is 14.7. The lowest BCUT2D eigenvalue weighted by atomic mass is 10.2. The van der Waals surface area contributed by atoms with E-state index in [9.17, 15) is 18.5 Å². The van der Waals surface area contributed by atoms with E-state index in [1.54, 1.807) is 7.05 Å². The highest BCUT2D eigenvalue weighted by atomic mass is 32.2. The molecule has 1 fully saturated rings. The van der Waals surface area contributed by atoms with Crippen LogP contribution in [0.15, 0.2) is 23.1 Å². The Morgan fingerprint density at radius 3 is 2.45 bits per heavy atom. The molecule has 0 aliphatic heterocycles.